The number of hydrogen-bond donors (Lipinski definition) is 1. The number of anilines is 1. The molecule has 7 heteroatoms. The van der Waals surface area contributed by atoms with Crippen molar-refractivity contribution < 1.29 is 22.7 Å². The number of halogens is 3. The molecule has 32 heavy (non-hydrogen) atoms. The van der Waals surface area contributed by atoms with Gasteiger partial charge in [0.25, 0.3) is 0 Å². The third kappa shape index (κ3) is 8.17. The van der Waals surface area contributed by atoms with E-state index in [4.69, 9.17) is 4.74 Å². The molecule has 1 heterocycles. The molecule has 0 unspecified atom stereocenters. The van der Waals surface area contributed by atoms with Crippen LogP contribution in [0.2, 0.25) is 0 Å². The molecule has 176 valence electrons. The fraction of sp³-hybridized carbons (Fsp3) is 0.520. The van der Waals surface area contributed by atoms with Crippen LogP contribution in [0.5, 0.6) is 5.75 Å². The molecule has 1 N–H and O–H groups in total. The maximum absolute atomic E-state index is 13.7. The third-order valence-corrected chi connectivity index (χ3v) is 4.99. The highest BCUT2D eigenvalue weighted by molar-refractivity contribution is 5.90. The van der Waals surface area contributed by atoms with Crippen molar-refractivity contribution in [3.05, 3.63) is 42.1 Å². The summed E-state index contributed by atoms with van der Waals surface area (Å²) in [6.07, 6.45) is -1.09. The highest BCUT2D eigenvalue weighted by Crippen LogP contribution is 2.39. The Morgan fingerprint density at radius 3 is 2.34 bits per heavy atom. The van der Waals surface area contributed by atoms with Crippen LogP contribution in [0.1, 0.15) is 59.4 Å². The van der Waals surface area contributed by atoms with E-state index >= 15 is 0 Å². The van der Waals surface area contributed by atoms with Crippen LogP contribution in [0.3, 0.4) is 0 Å². The van der Waals surface area contributed by atoms with Crippen molar-refractivity contribution in [2.24, 2.45) is 17.8 Å². The first kappa shape index (κ1) is 25.7. The minimum atomic E-state index is -4.55. The van der Waals surface area contributed by atoms with Gasteiger partial charge in [-0.05, 0) is 66.0 Å². The third-order valence-electron chi connectivity index (χ3n) is 4.99. The Labute approximate surface area is 188 Å². The Hall–Kier alpha value is -2.57. The van der Waals surface area contributed by atoms with Crippen molar-refractivity contribution in [1.82, 2.24) is 4.98 Å². The number of nitrogens with zero attached hydrogens (tertiary/aromatic N) is 1. The van der Waals surface area contributed by atoms with Crippen molar-refractivity contribution in [3.8, 4) is 16.9 Å². The minimum absolute atomic E-state index is 0.151. The van der Waals surface area contributed by atoms with Gasteiger partial charge in [-0.1, -0.05) is 40.7 Å². The topological polar surface area (TPSA) is 51.2 Å². The van der Waals surface area contributed by atoms with Crippen LogP contribution in [-0.4, -0.2) is 17.5 Å². The van der Waals surface area contributed by atoms with E-state index in [1.165, 1.54) is 12.3 Å². The predicted octanol–water partition coefficient (Wildman–Crippen LogP) is 7.20. The second-order valence-corrected chi connectivity index (χ2v) is 9.16. The van der Waals surface area contributed by atoms with E-state index in [2.05, 4.69) is 24.1 Å². The quantitative estimate of drug-likeness (QED) is 0.416. The second-order valence-electron chi connectivity index (χ2n) is 9.16. The number of hydrogen-bond acceptors (Lipinski definition) is 3. The van der Waals surface area contributed by atoms with Gasteiger partial charge in [0.2, 0.25) is 5.91 Å². The average molecular weight is 451 g/mol. The molecule has 1 aromatic carbocycles. The van der Waals surface area contributed by atoms with Crippen molar-refractivity contribution in [2.45, 2.75) is 60.1 Å². The number of aromatic nitrogens is 1. The summed E-state index contributed by atoms with van der Waals surface area (Å²) < 4.78 is 46.7. The Kier molecular flexibility index (Phi) is 9.10. The standard InChI is InChI=1S/C25H33F3N2O2/c1-16(2)6-9-24(31)30-23-14-20(10-11-29-23)19-7-8-22(21(13-19)25(26,27)28)32-15-18(5)12-17(3)4/h7-8,10-11,13-14,16-18H,6,9,12,15H2,1-5H3,(H,29,30,31)/t18-/m1/s1. The van der Waals surface area contributed by atoms with E-state index in [1.807, 2.05) is 20.8 Å². The fourth-order valence-electron chi connectivity index (χ4n) is 3.47. The lowest BCUT2D eigenvalue weighted by atomic mass is 9.99. The van der Waals surface area contributed by atoms with Gasteiger partial charge in [-0.25, -0.2) is 4.98 Å². The number of rotatable bonds is 10. The number of ether oxygens (including phenoxy) is 1. The molecule has 0 fully saturated rings. The summed E-state index contributed by atoms with van der Waals surface area (Å²) >= 11 is 0. The molecule has 0 aliphatic carbocycles. The van der Waals surface area contributed by atoms with E-state index in [9.17, 15) is 18.0 Å². The maximum atomic E-state index is 13.7. The molecule has 0 saturated carbocycles. The van der Waals surface area contributed by atoms with Crippen LogP contribution in [0.25, 0.3) is 11.1 Å². The first-order chi connectivity index (χ1) is 15.0. The van der Waals surface area contributed by atoms with E-state index in [0.29, 0.717) is 35.2 Å². The SMILES string of the molecule is CC(C)CCC(=O)Nc1cc(-c2ccc(OC[C@H](C)CC(C)C)c(C(F)(F)F)c2)ccn1. The van der Waals surface area contributed by atoms with Crippen LogP contribution in [-0.2, 0) is 11.0 Å². The number of carbonyl (C=O) groups is 1. The zero-order valence-electron chi connectivity index (χ0n) is 19.4. The molecule has 1 amide bonds. The minimum Gasteiger partial charge on any atom is -0.493 e. The molecule has 0 aliphatic rings. The van der Waals surface area contributed by atoms with Crippen molar-refractivity contribution in [3.63, 3.8) is 0 Å². The lowest BCUT2D eigenvalue weighted by molar-refractivity contribution is -0.139. The number of benzene rings is 1. The Bertz CT molecular complexity index is 895. The van der Waals surface area contributed by atoms with Crippen LogP contribution in [0, 0.1) is 17.8 Å². The summed E-state index contributed by atoms with van der Waals surface area (Å²) in [6, 6.07) is 7.24. The average Bonchev–Trinajstić information content (AvgIpc) is 2.69. The first-order valence-corrected chi connectivity index (χ1v) is 11.1. The molecule has 0 spiro atoms. The highest BCUT2D eigenvalue weighted by atomic mass is 19.4. The highest BCUT2D eigenvalue weighted by Gasteiger charge is 2.35. The normalized spacial score (nSPS) is 12.8. The van der Waals surface area contributed by atoms with E-state index in [-0.39, 0.29) is 24.2 Å². The lowest BCUT2D eigenvalue weighted by Gasteiger charge is -2.19. The summed E-state index contributed by atoms with van der Waals surface area (Å²) in [5, 5.41) is 2.71. The van der Waals surface area contributed by atoms with Gasteiger partial charge in [-0.3, -0.25) is 4.79 Å². The predicted molar refractivity (Wildman–Crippen MR) is 121 cm³/mol. The van der Waals surface area contributed by atoms with Gasteiger partial charge in [-0.2, -0.15) is 13.2 Å². The molecular weight excluding hydrogens is 417 g/mol. The summed E-state index contributed by atoms with van der Waals surface area (Å²) in [7, 11) is 0. The molecule has 0 saturated heterocycles. The van der Waals surface area contributed by atoms with Gasteiger partial charge in [0.05, 0.1) is 12.2 Å². The van der Waals surface area contributed by atoms with Crippen LogP contribution in [0.4, 0.5) is 19.0 Å². The molecular formula is C25H33F3N2O2. The largest absolute Gasteiger partial charge is 0.493 e. The number of carbonyl (C=O) groups excluding carboxylic acids is 1. The molecule has 4 nitrogen and oxygen atoms in total. The Balaban J connectivity index is 2.22. The molecule has 0 aliphatic heterocycles. The van der Waals surface area contributed by atoms with Crippen molar-refractivity contribution >= 4 is 11.7 Å². The summed E-state index contributed by atoms with van der Waals surface area (Å²) in [5.74, 6) is 0.969. The zero-order chi connectivity index (χ0) is 23.9. The molecule has 1 aromatic heterocycles. The first-order valence-electron chi connectivity index (χ1n) is 11.1. The van der Waals surface area contributed by atoms with Gasteiger partial charge in [0, 0.05) is 12.6 Å². The van der Waals surface area contributed by atoms with Gasteiger partial charge < -0.3 is 10.1 Å². The fourth-order valence-corrected chi connectivity index (χ4v) is 3.47. The molecule has 2 aromatic rings. The molecule has 0 radical (unpaired) electrons. The van der Waals surface area contributed by atoms with E-state index in [0.717, 1.165) is 18.9 Å². The van der Waals surface area contributed by atoms with Gasteiger partial charge in [0.1, 0.15) is 11.6 Å². The number of alkyl halides is 3. The second kappa shape index (κ2) is 11.3. The summed E-state index contributed by atoms with van der Waals surface area (Å²) in [5.41, 5.74) is 0.0930. The number of nitrogens with one attached hydrogen (secondary N) is 1. The van der Waals surface area contributed by atoms with Gasteiger partial charge in [-0.15, -0.1) is 0 Å². The van der Waals surface area contributed by atoms with Gasteiger partial charge >= 0.3 is 6.18 Å². The molecule has 1 atom stereocenters. The Morgan fingerprint density at radius 2 is 1.72 bits per heavy atom. The van der Waals surface area contributed by atoms with Crippen LogP contribution in [0.15, 0.2) is 36.5 Å². The summed E-state index contributed by atoms with van der Waals surface area (Å²) in [6.45, 7) is 10.4. The smallest absolute Gasteiger partial charge is 0.419 e. The number of pyridine rings is 1. The van der Waals surface area contributed by atoms with E-state index < -0.39 is 11.7 Å². The number of amides is 1. The van der Waals surface area contributed by atoms with Crippen molar-refractivity contribution in [2.75, 3.05) is 11.9 Å². The van der Waals surface area contributed by atoms with Crippen LogP contribution < -0.4 is 10.1 Å². The van der Waals surface area contributed by atoms with Crippen molar-refractivity contribution in [1.29, 1.82) is 0 Å². The van der Waals surface area contributed by atoms with Gasteiger partial charge in [0.15, 0.2) is 0 Å². The van der Waals surface area contributed by atoms with E-state index in [1.54, 1.807) is 18.2 Å². The summed E-state index contributed by atoms with van der Waals surface area (Å²) in [4.78, 5) is 16.2. The maximum Gasteiger partial charge on any atom is 0.419 e. The lowest BCUT2D eigenvalue weighted by Crippen LogP contribution is -2.14. The Morgan fingerprint density at radius 1 is 1.03 bits per heavy atom. The monoisotopic (exact) mass is 450 g/mol. The zero-order valence-corrected chi connectivity index (χ0v) is 19.4. The van der Waals surface area contributed by atoms with Crippen LogP contribution >= 0.6 is 0 Å². The molecule has 0 bridgehead atoms. The molecule has 2 rings (SSSR count).